The van der Waals surface area contributed by atoms with Crippen LogP contribution in [0.3, 0.4) is 0 Å². The number of thioether (sulfide) groups is 1. The van der Waals surface area contributed by atoms with Crippen molar-refractivity contribution in [3.63, 3.8) is 0 Å². The van der Waals surface area contributed by atoms with Gasteiger partial charge in [0.25, 0.3) is 0 Å². The minimum atomic E-state index is -3.08. The van der Waals surface area contributed by atoms with Crippen LogP contribution >= 0.6 is 11.8 Å². The van der Waals surface area contributed by atoms with Crippen LogP contribution in [0.4, 0.5) is 5.69 Å². The monoisotopic (exact) mass is 394 g/mol. The number of benzene rings is 1. The minimum Gasteiger partial charge on any atom is -0.335 e. The molecule has 2 N–H and O–H groups in total. The Morgan fingerprint density at radius 1 is 1.31 bits per heavy atom. The van der Waals surface area contributed by atoms with Gasteiger partial charge in [0.05, 0.1) is 23.1 Å². The first-order valence-electron chi connectivity index (χ1n) is 8.52. The lowest BCUT2D eigenvalue weighted by Gasteiger charge is -2.13. The summed E-state index contributed by atoms with van der Waals surface area (Å²) in [5, 5.41) is 8.33. The summed E-state index contributed by atoms with van der Waals surface area (Å²) in [4.78, 5) is 16.5. The predicted octanol–water partition coefficient (Wildman–Crippen LogP) is 1.87. The Morgan fingerprint density at radius 2 is 2.08 bits per heavy atom. The van der Waals surface area contributed by atoms with Crippen LogP contribution in [0.25, 0.3) is 0 Å². The van der Waals surface area contributed by atoms with Crippen LogP contribution in [0.15, 0.2) is 34.4 Å². The Bertz CT molecular complexity index is 832. The van der Waals surface area contributed by atoms with Crippen LogP contribution in [-0.4, -0.2) is 49.0 Å². The molecule has 2 heterocycles. The molecule has 2 aliphatic rings. The molecular weight excluding hydrogens is 372 g/mol. The van der Waals surface area contributed by atoms with Gasteiger partial charge in [-0.1, -0.05) is 23.9 Å². The number of sulfone groups is 1. The third kappa shape index (κ3) is 5.07. The summed E-state index contributed by atoms with van der Waals surface area (Å²) in [5.41, 5.74) is 4.99. The molecule has 0 saturated carbocycles. The molecule has 1 aromatic carbocycles. The van der Waals surface area contributed by atoms with Crippen molar-refractivity contribution in [2.45, 2.75) is 19.8 Å². The molecule has 9 heteroatoms. The molecule has 140 valence electrons. The van der Waals surface area contributed by atoms with E-state index in [4.69, 9.17) is 0 Å². The molecule has 0 unspecified atom stereocenters. The number of nitrogens with zero attached hydrogens (tertiary/aromatic N) is 2. The van der Waals surface area contributed by atoms with Crippen LogP contribution in [0.2, 0.25) is 0 Å². The summed E-state index contributed by atoms with van der Waals surface area (Å²) >= 11 is 1.72. The predicted molar refractivity (Wildman–Crippen MR) is 107 cm³/mol. The van der Waals surface area contributed by atoms with Crippen molar-refractivity contribution in [2.24, 2.45) is 16.0 Å². The molecule has 1 saturated heterocycles. The van der Waals surface area contributed by atoms with Crippen molar-refractivity contribution in [1.82, 2.24) is 5.43 Å². The normalized spacial score (nSPS) is 22.6. The molecule has 26 heavy (non-hydrogen) atoms. The van der Waals surface area contributed by atoms with Crippen molar-refractivity contribution >= 4 is 44.1 Å². The lowest BCUT2D eigenvalue weighted by atomic mass is 10.1. The average molecular weight is 395 g/mol. The minimum absolute atomic E-state index is 0.0752. The van der Waals surface area contributed by atoms with Gasteiger partial charge in [0.15, 0.2) is 15.0 Å². The van der Waals surface area contributed by atoms with E-state index < -0.39 is 15.8 Å². The molecule has 3 rings (SSSR count). The van der Waals surface area contributed by atoms with Gasteiger partial charge in [0, 0.05) is 18.0 Å². The van der Waals surface area contributed by atoms with Gasteiger partial charge < -0.3 is 5.32 Å². The van der Waals surface area contributed by atoms with Gasteiger partial charge in [-0.15, -0.1) is 0 Å². The summed E-state index contributed by atoms with van der Waals surface area (Å²) in [6, 6.07) is 7.72. The fraction of sp³-hybridized carbons (Fsp3) is 0.471. The maximum atomic E-state index is 12.0. The van der Waals surface area contributed by atoms with E-state index in [1.165, 1.54) is 0 Å². The summed E-state index contributed by atoms with van der Waals surface area (Å²) in [6.45, 7) is 2.66. The van der Waals surface area contributed by atoms with Crippen LogP contribution < -0.4 is 10.7 Å². The molecule has 7 nitrogen and oxygen atoms in total. The number of anilines is 1. The number of rotatable bonds is 4. The molecular formula is C17H22N4O3S2. The first-order chi connectivity index (χ1) is 12.4. The SMILES string of the molecule is C/C(=N/NC(=O)[C@H]1CCS(=O)(=O)C1)c1ccc(NC2=NCCCS2)cc1. The number of hydrogen-bond acceptors (Lipinski definition) is 7. The van der Waals surface area contributed by atoms with Crippen molar-refractivity contribution in [2.75, 3.05) is 29.1 Å². The van der Waals surface area contributed by atoms with Crippen molar-refractivity contribution in [3.8, 4) is 0 Å². The Hall–Kier alpha value is -1.87. The quantitative estimate of drug-likeness (QED) is 0.600. The van der Waals surface area contributed by atoms with E-state index in [9.17, 15) is 13.2 Å². The smallest absolute Gasteiger partial charge is 0.244 e. The van der Waals surface area contributed by atoms with Gasteiger partial charge in [0.1, 0.15) is 0 Å². The Balaban J connectivity index is 1.57. The van der Waals surface area contributed by atoms with E-state index in [1.807, 2.05) is 24.3 Å². The first kappa shape index (κ1) is 18.9. The highest BCUT2D eigenvalue weighted by Crippen LogP contribution is 2.19. The Labute approximate surface area is 157 Å². The number of amidine groups is 1. The topological polar surface area (TPSA) is 100.0 Å². The van der Waals surface area contributed by atoms with Gasteiger partial charge in [-0.2, -0.15) is 5.10 Å². The molecule has 1 amide bonds. The second-order valence-corrected chi connectivity index (χ2v) is 9.68. The molecule has 0 aromatic heterocycles. The van der Waals surface area contributed by atoms with E-state index in [-0.39, 0.29) is 17.4 Å². The van der Waals surface area contributed by atoms with Crippen molar-refractivity contribution < 1.29 is 13.2 Å². The standard InChI is InChI=1S/C17H22N4O3S2/c1-12(20-21-16(22)14-7-10-26(23,24)11-14)13-3-5-15(6-4-13)19-17-18-8-2-9-25-17/h3-6,14H,2,7-11H2,1H3,(H,18,19)(H,21,22)/b20-12-/t14-/m0/s1. The zero-order valence-electron chi connectivity index (χ0n) is 14.6. The molecule has 1 fully saturated rings. The van der Waals surface area contributed by atoms with E-state index in [0.29, 0.717) is 12.1 Å². The van der Waals surface area contributed by atoms with E-state index in [1.54, 1.807) is 18.7 Å². The molecule has 0 aliphatic carbocycles. The van der Waals surface area contributed by atoms with Gasteiger partial charge >= 0.3 is 0 Å². The summed E-state index contributed by atoms with van der Waals surface area (Å²) < 4.78 is 22.9. The number of carbonyl (C=O) groups is 1. The summed E-state index contributed by atoms with van der Waals surface area (Å²) in [5.74, 6) is 0.229. The van der Waals surface area contributed by atoms with Gasteiger partial charge in [-0.05, 0) is 37.5 Å². The van der Waals surface area contributed by atoms with E-state index >= 15 is 0 Å². The third-order valence-electron chi connectivity index (χ3n) is 4.29. The fourth-order valence-electron chi connectivity index (χ4n) is 2.75. The van der Waals surface area contributed by atoms with Crippen LogP contribution in [-0.2, 0) is 14.6 Å². The molecule has 1 aromatic rings. The van der Waals surface area contributed by atoms with E-state index in [0.717, 1.165) is 35.1 Å². The lowest BCUT2D eigenvalue weighted by Crippen LogP contribution is -2.28. The van der Waals surface area contributed by atoms with Crippen LogP contribution in [0, 0.1) is 5.92 Å². The van der Waals surface area contributed by atoms with Crippen LogP contribution in [0.5, 0.6) is 0 Å². The molecule has 1 atom stereocenters. The van der Waals surface area contributed by atoms with Crippen molar-refractivity contribution in [3.05, 3.63) is 29.8 Å². The van der Waals surface area contributed by atoms with Gasteiger partial charge in [-0.3, -0.25) is 9.79 Å². The van der Waals surface area contributed by atoms with Gasteiger partial charge in [-0.25, -0.2) is 13.8 Å². The third-order valence-corrected chi connectivity index (χ3v) is 7.05. The molecule has 2 aliphatic heterocycles. The Morgan fingerprint density at radius 3 is 2.69 bits per heavy atom. The molecule has 0 bridgehead atoms. The number of hydrazone groups is 1. The number of amides is 1. The highest BCUT2D eigenvalue weighted by atomic mass is 32.2. The molecule has 0 spiro atoms. The number of carbonyl (C=O) groups excluding carboxylic acids is 1. The van der Waals surface area contributed by atoms with Gasteiger partial charge in [0.2, 0.25) is 5.91 Å². The van der Waals surface area contributed by atoms with E-state index in [2.05, 4.69) is 20.8 Å². The maximum Gasteiger partial charge on any atom is 0.244 e. The zero-order valence-corrected chi connectivity index (χ0v) is 16.2. The second kappa shape index (κ2) is 8.22. The second-order valence-electron chi connectivity index (χ2n) is 6.36. The summed E-state index contributed by atoms with van der Waals surface area (Å²) in [6.07, 6.45) is 1.48. The lowest BCUT2D eigenvalue weighted by molar-refractivity contribution is -0.124. The highest BCUT2D eigenvalue weighted by Gasteiger charge is 2.32. The fourth-order valence-corrected chi connectivity index (χ4v) is 5.33. The van der Waals surface area contributed by atoms with Crippen LogP contribution in [0.1, 0.15) is 25.3 Å². The average Bonchev–Trinajstić information content (AvgIpc) is 3.01. The zero-order chi connectivity index (χ0) is 18.6. The highest BCUT2D eigenvalue weighted by molar-refractivity contribution is 8.14. The number of hydrogen-bond donors (Lipinski definition) is 2. The number of aliphatic imine (C=N–C) groups is 1. The summed E-state index contributed by atoms with van der Waals surface area (Å²) in [7, 11) is -3.08. The van der Waals surface area contributed by atoms with Crippen molar-refractivity contribution in [1.29, 1.82) is 0 Å². The first-order valence-corrected chi connectivity index (χ1v) is 11.3. The molecule has 0 radical (unpaired) electrons. The Kier molecular flexibility index (Phi) is 5.98. The maximum absolute atomic E-state index is 12.0. The largest absolute Gasteiger partial charge is 0.335 e. The number of nitrogens with one attached hydrogen (secondary N) is 2.